The summed E-state index contributed by atoms with van der Waals surface area (Å²) in [5.41, 5.74) is -0.369. The van der Waals surface area contributed by atoms with Crippen molar-refractivity contribution in [3.8, 4) is 0 Å². The largest absolute Gasteiger partial charge is 0.343 e. The van der Waals surface area contributed by atoms with E-state index in [1.54, 1.807) is 4.90 Å². The maximum atomic E-state index is 15.1. The molecular weight excluding hydrogens is 471 g/mol. The molecule has 1 aromatic rings. The molecule has 7 nitrogen and oxygen atoms in total. The molecule has 0 bridgehead atoms. The van der Waals surface area contributed by atoms with Crippen LogP contribution in [0.1, 0.15) is 83.3 Å². The van der Waals surface area contributed by atoms with Crippen molar-refractivity contribution in [2.45, 2.75) is 107 Å². The lowest BCUT2D eigenvalue weighted by molar-refractivity contribution is -0.156. The Morgan fingerprint density at radius 3 is 2.50 bits per heavy atom. The van der Waals surface area contributed by atoms with E-state index in [1.165, 1.54) is 0 Å². The third-order valence-electron chi connectivity index (χ3n) is 9.39. The molecule has 0 radical (unpaired) electrons. The van der Waals surface area contributed by atoms with Crippen molar-refractivity contribution in [1.82, 2.24) is 24.8 Å². The van der Waals surface area contributed by atoms with Crippen LogP contribution < -0.4 is 0 Å². The number of hydrogen-bond donors (Lipinski definition) is 0. The average molecular weight is 512 g/mol. The maximum absolute atomic E-state index is 15.1. The molecule has 10 heteroatoms. The second kappa shape index (κ2) is 9.57. The summed E-state index contributed by atoms with van der Waals surface area (Å²) in [6.45, 7) is 8.85. The molecule has 0 aromatic carbocycles. The number of hydrogen-bond acceptors (Lipinski definition) is 6. The zero-order valence-electron chi connectivity index (χ0n) is 21.9. The molecule has 1 aromatic heterocycles. The van der Waals surface area contributed by atoms with Crippen molar-refractivity contribution in [3.05, 3.63) is 11.7 Å². The van der Waals surface area contributed by atoms with Gasteiger partial charge in [0.05, 0.1) is 5.92 Å². The van der Waals surface area contributed by atoms with Crippen LogP contribution in [0.25, 0.3) is 0 Å². The van der Waals surface area contributed by atoms with Gasteiger partial charge in [-0.25, -0.2) is 13.2 Å². The normalized spacial score (nSPS) is 32.6. The SMILES string of the molecule is CC(C)N(C)C1CN([C@H]2CCCC(F)(F)[C@@H]2CC(=O)N2CCC(C)(c3noc([C@@H]4C[C@@H]4F)n3)CC2)C1. The fraction of sp³-hybridized carbons (Fsp3) is 0.885. The minimum Gasteiger partial charge on any atom is -0.343 e. The molecule has 0 spiro atoms. The van der Waals surface area contributed by atoms with E-state index in [-0.39, 0.29) is 36.1 Å². The first-order chi connectivity index (χ1) is 17.0. The van der Waals surface area contributed by atoms with E-state index in [0.29, 0.717) is 62.6 Å². The number of carbonyl (C=O) groups is 1. The third kappa shape index (κ3) is 4.91. The molecule has 0 N–H and O–H groups in total. The Hall–Kier alpha value is -1.68. The van der Waals surface area contributed by atoms with Crippen LogP contribution >= 0.6 is 0 Å². The molecule has 36 heavy (non-hydrogen) atoms. The van der Waals surface area contributed by atoms with E-state index in [1.807, 2.05) is 6.92 Å². The van der Waals surface area contributed by atoms with Crippen LogP contribution in [-0.4, -0.2) is 94.2 Å². The number of carbonyl (C=O) groups excluding carboxylic acids is 1. The predicted molar refractivity (Wildman–Crippen MR) is 129 cm³/mol. The van der Waals surface area contributed by atoms with Crippen LogP contribution in [-0.2, 0) is 10.2 Å². The molecule has 2 saturated heterocycles. The molecule has 4 aliphatic rings. The highest BCUT2D eigenvalue weighted by molar-refractivity contribution is 5.76. The van der Waals surface area contributed by atoms with Gasteiger partial charge in [0.2, 0.25) is 11.8 Å². The fourth-order valence-electron chi connectivity index (χ4n) is 6.22. The van der Waals surface area contributed by atoms with E-state index >= 15 is 8.78 Å². The van der Waals surface area contributed by atoms with Gasteiger partial charge >= 0.3 is 0 Å². The van der Waals surface area contributed by atoms with Gasteiger partial charge in [0.15, 0.2) is 5.82 Å². The van der Waals surface area contributed by atoms with Gasteiger partial charge < -0.3 is 9.42 Å². The van der Waals surface area contributed by atoms with Crippen LogP contribution in [0.3, 0.4) is 0 Å². The molecule has 2 aliphatic carbocycles. The first-order valence-electron chi connectivity index (χ1n) is 13.6. The molecule has 3 heterocycles. The standard InChI is InChI=1S/C26H40F3N5O2/c1-16(2)32(4)17-14-34(15-17)21-6-5-7-26(28,29)19(21)13-22(35)33-10-8-25(3,9-11-33)24-30-23(36-31-24)18-12-20(18)27/h16-21H,5-15H2,1-4H3/t18-,19-,20+,21+/m1/s1. The zero-order chi connectivity index (χ0) is 25.8. The molecule has 1 amide bonds. The van der Waals surface area contributed by atoms with E-state index in [0.717, 1.165) is 19.5 Å². The summed E-state index contributed by atoms with van der Waals surface area (Å²) < 4.78 is 48.9. The molecular formula is C26H40F3N5O2. The second-order valence-corrected chi connectivity index (χ2v) is 12.2. The van der Waals surface area contributed by atoms with Crippen LogP contribution in [0.2, 0.25) is 0 Å². The summed E-state index contributed by atoms with van der Waals surface area (Å²) >= 11 is 0. The Bertz CT molecular complexity index is 942. The number of alkyl halides is 3. The summed E-state index contributed by atoms with van der Waals surface area (Å²) in [4.78, 5) is 23.9. The minimum absolute atomic E-state index is 0.110. The number of amides is 1. The average Bonchev–Trinajstić information content (AvgIpc) is 3.30. The summed E-state index contributed by atoms with van der Waals surface area (Å²) in [7, 11) is 2.09. The van der Waals surface area contributed by atoms with Crippen molar-refractivity contribution < 1.29 is 22.5 Å². The molecule has 4 fully saturated rings. The maximum Gasteiger partial charge on any atom is 0.252 e. The number of aromatic nitrogens is 2. The number of halogens is 3. The van der Waals surface area contributed by atoms with Gasteiger partial charge in [0.25, 0.3) is 5.92 Å². The van der Waals surface area contributed by atoms with E-state index < -0.39 is 18.0 Å². The predicted octanol–water partition coefficient (Wildman–Crippen LogP) is 3.99. The molecule has 0 unspecified atom stereocenters. The number of nitrogens with zero attached hydrogens (tertiary/aromatic N) is 5. The summed E-state index contributed by atoms with van der Waals surface area (Å²) in [5, 5.41) is 4.10. The van der Waals surface area contributed by atoms with Crippen LogP contribution in [0.15, 0.2) is 4.52 Å². The Morgan fingerprint density at radius 1 is 1.22 bits per heavy atom. The molecule has 2 aliphatic heterocycles. The van der Waals surface area contributed by atoms with Crippen molar-refractivity contribution in [1.29, 1.82) is 0 Å². The lowest BCUT2D eigenvalue weighted by Gasteiger charge is -2.53. The monoisotopic (exact) mass is 511 g/mol. The Labute approximate surface area is 211 Å². The number of piperidine rings is 1. The first kappa shape index (κ1) is 25.9. The third-order valence-corrected chi connectivity index (χ3v) is 9.39. The van der Waals surface area contributed by atoms with Crippen LogP contribution in [0, 0.1) is 5.92 Å². The molecule has 2 saturated carbocycles. The van der Waals surface area contributed by atoms with Crippen molar-refractivity contribution in [3.63, 3.8) is 0 Å². The highest BCUT2D eigenvalue weighted by Crippen LogP contribution is 2.45. The summed E-state index contributed by atoms with van der Waals surface area (Å²) in [6, 6.07) is 0.558. The van der Waals surface area contributed by atoms with E-state index in [4.69, 9.17) is 4.52 Å². The van der Waals surface area contributed by atoms with Gasteiger partial charge in [-0.15, -0.1) is 0 Å². The topological polar surface area (TPSA) is 65.7 Å². The number of likely N-dealkylation sites (N-methyl/N-ethyl adjacent to an activating group) is 1. The van der Waals surface area contributed by atoms with Gasteiger partial charge in [-0.3, -0.25) is 14.6 Å². The van der Waals surface area contributed by atoms with Gasteiger partial charge in [-0.05, 0) is 53.0 Å². The van der Waals surface area contributed by atoms with Gasteiger partial charge in [0.1, 0.15) is 6.17 Å². The van der Waals surface area contributed by atoms with Crippen molar-refractivity contribution in [2.75, 3.05) is 33.2 Å². The smallest absolute Gasteiger partial charge is 0.252 e. The van der Waals surface area contributed by atoms with Gasteiger partial charge in [-0.1, -0.05) is 12.1 Å². The lowest BCUT2D eigenvalue weighted by Crippen LogP contribution is -2.65. The second-order valence-electron chi connectivity index (χ2n) is 12.2. The quantitative estimate of drug-likeness (QED) is 0.552. The molecule has 202 valence electrons. The molecule has 5 rings (SSSR count). The lowest BCUT2D eigenvalue weighted by atomic mass is 9.76. The summed E-state index contributed by atoms with van der Waals surface area (Å²) in [5.74, 6) is -3.32. The van der Waals surface area contributed by atoms with Crippen LogP contribution in [0.4, 0.5) is 13.2 Å². The Morgan fingerprint density at radius 2 is 1.89 bits per heavy atom. The van der Waals surface area contributed by atoms with E-state index in [9.17, 15) is 9.18 Å². The van der Waals surface area contributed by atoms with Gasteiger partial charge in [0, 0.05) is 68.5 Å². The van der Waals surface area contributed by atoms with Gasteiger partial charge in [-0.2, -0.15) is 4.98 Å². The fourth-order valence-corrected chi connectivity index (χ4v) is 6.22. The molecule has 4 atom stereocenters. The Kier molecular flexibility index (Phi) is 6.89. The number of rotatable bonds is 7. The number of likely N-dealkylation sites (tertiary alicyclic amines) is 2. The minimum atomic E-state index is -2.82. The van der Waals surface area contributed by atoms with Crippen molar-refractivity contribution in [2.24, 2.45) is 5.92 Å². The van der Waals surface area contributed by atoms with E-state index in [2.05, 4.69) is 40.8 Å². The zero-order valence-corrected chi connectivity index (χ0v) is 21.9. The Balaban J connectivity index is 1.18. The van der Waals surface area contributed by atoms with Crippen molar-refractivity contribution >= 4 is 5.91 Å². The highest BCUT2D eigenvalue weighted by Gasteiger charge is 2.52. The van der Waals surface area contributed by atoms with Crippen LogP contribution in [0.5, 0.6) is 0 Å². The highest BCUT2D eigenvalue weighted by atomic mass is 19.3. The first-order valence-corrected chi connectivity index (χ1v) is 13.6. The summed E-state index contributed by atoms with van der Waals surface area (Å²) in [6.07, 6.45) is 1.77.